The molecule has 4 aromatic rings. The van der Waals surface area contributed by atoms with E-state index in [0.717, 1.165) is 4.70 Å². The predicted octanol–water partition coefficient (Wildman–Crippen LogP) is 4.85. The van der Waals surface area contributed by atoms with Crippen molar-refractivity contribution in [2.24, 2.45) is 0 Å². The van der Waals surface area contributed by atoms with Crippen LogP contribution in [0.2, 0.25) is 0 Å². The molecule has 0 spiro atoms. The normalized spacial score (nSPS) is 10.5. The maximum Gasteiger partial charge on any atom is 0.257 e. The third-order valence-corrected chi connectivity index (χ3v) is 6.65. The molecular formula is C27H27N3O8S. The Hall–Kier alpha value is -4.71. The highest BCUT2D eigenvalue weighted by Crippen LogP contribution is 2.39. The molecule has 0 aliphatic carbocycles. The van der Waals surface area contributed by atoms with E-state index in [0.29, 0.717) is 62.0 Å². The van der Waals surface area contributed by atoms with Gasteiger partial charge in [0.05, 0.1) is 52.9 Å². The number of nitrogens with zero attached hydrogens (tertiary/aromatic N) is 1. The molecule has 0 aliphatic rings. The average molecular weight is 554 g/mol. The van der Waals surface area contributed by atoms with Crippen LogP contribution in [0, 0.1) is 0 Å². The molecule has 2 N–H and O–H groups in total. The summed E-state index contributed by atoms with van der Waals surface area (Å²) in [4.78, 5) is 30.4. The van der Waals surface area contributed by atoms with Gasteiger partial charge >= 0.3 is 0 Å². The molecule has 204 valence electrons. The minimum absolute atomic E-state index is 0.307. The van der Waals surface area contributed by atoms with Gasteiger partial charge in [0.25, 0.3) is 11.8 Å². The van der Waals surface area contributed by atoms with Crippen molar-refractivity contribution in [1.29, 1.82) is 0 Å². The highest BCUT2D eigenvalue weighted by Gasteiger charge is 2.19. The van der Waals surface area contributed by atoms with Gasteiger partial charge in [0, 0.05) is 16.8 Å². The molecule has 39 heavy (non-hydrogen) atoms. The zero-order valence-corrected chi connectivity index (χ0v) is 23.0. The topological polar surface area (TPSA) is 126 Å². The lowest BCUT2D eigenvalue weighted by Gasteiger charge is -2.14. The third kappa shape index (κ3) is 5.60. The van der Waals surface area contributed by atoms with Gasteiger partial charge in [-0.1, -0.05) is 11.3 Å². The van der Waals surface area contributed by atoms with Crippen molar-refractivity contribution in [2.75, 3.05) is 53.3 Å². The minimum Gasteiger partial charge on any atom is -0.493 e. The largest absolute Gasteiger partial charge is 0.493 e. The highest BCUT2D eigenvalue weighted by molar-refractivity contribution is 7.22. The van der Waals surface area contributed by atoms with Crippen LogP contribution in [0.4, 0.5) is 10.8 Å². The fraction of sp³-hybridized carbons (Fsp3) is 0.222. The second-order valence-corrected chi connectivity index (χ2v) is 8.97. The van der Waals surface area contributed by atoms with Crippen molar-refractivity contribution in [2.45, 2.75) is 0 Å². The summed E-state index contributed by atoms with van der Waals surface area (Å²) in [5.74, 6) is 1.47. The lowest BCUT2D eigenvalue weighted by Crippen LogP contribution is -2.12. The molecule has 0 saturated carbocycles. The Balaban J connectivity index is 1.54. The molecule has 12 heteroatoms. The second kappa shape index (κ2) is 11.8. The molecule has 0 fully saturated rings. The second-order valence-electron chi connectivity index (χ2n) is 7.94. The van der Waals surface area contributed by atoms with Crippen LogP contribution in [0.15, 0.2) is 42.5 Å². The van der Waals surface area contributed by atoms with Gasteiger partial charge in [0.2, 0.25) is 11.5 Å². The number of hydrogen-bond acceptors (Lipinski definition) is 10. The molecule has 0 saturated heterocycles. The first-order valence-electron chi connectivity index (χ1n) is 11.5. The lowest BCUT2D eigenvalue weighted by atomic mass is 10.1. The molecule has 0 unspecified atom stereocenters. The average Bonchev–Trinajstić information content (AvgIpc) is 3.36. The molecule has 0 aliphatic heterocycles. The number of thiazole rings is 1. The first-order chi connectivity index (χ1) is 18.8. The quantitative estimate of drug-likeness (QED) is 0.283. The Bertz CT molecular complexity index is 1410. The minimum atomic E-state index is -0.399. The number of fused-ring (bicyclic) bond motifs is 1. The van der Waals surface area contributed by atoms with Crippen LogP contribution in [0.25, 0.3) is 10.2 Å². The van der Waals surface area contributed by atoms with Gasteiger partial charge in [-0.3, -0.25) is 14.9 Å². The number of aromatic nitrogens is 1. The fourth-order valence-electron chi connectivity index (χ4n) is 3.85. The number of nitrogens with one attached hydrogen (secondary N) is 2. The van der Waals surface area contributed by atoms with Crippen LogP contribution < -0.4 is 39.1 Å². The molecule has 0 bridgehead atoms. The van der Waals surface area contributed by atoms with Crippen molar-refractivity contribution in [1.82, 2.24) is 4.98 Å². The predicted molar refractivity (Wildman–Crippen MR) is 148 cm³/mol. The Morgan fingerprint density at radius 1 is 0.641 bits per heavy atom. The number of amides is 2. The molecule has 1 aromatic heterocycles. The summed E-state index contributed by atoms with van der Waals surface area (Å²) in [5, 5.41) is 6.05. The molecule has 1 heterocycles. The van der Waals surface area contributed by atoms with Crippen molar-refractivity contribution in [3.8, 4) is 34.5 Å². The Morgan fingerprint density at radius 3 is 1.54 bits per heavy atom. The summed E-state index contributed by atoms with van der Waals surface area (Å²) in [6, 6.07) is 11.5. The van der Waals surface area contributed by atoms with Gasteiger partial charge in [0.15, 0.2) is 28.1 Å². The lowest BCUT2D eigenvalue weighted by molar-refractivity contribution is 0.101. The molecule has 4 rings (SSSR count). The van der Waals surface area contributed by atoms with Gasteiger partial charge < -0.3 is 33.7 Å². The van der Waals surface area contributed by atoms with Gasteiger partial charge in [-0.05, 0) is 42.5 Å². The zero-order valence-electron chi connectivity index (χ0n) is 22.2. The first kappa shape index (κ1) is 27.3. The molecular weight excluding hydrogens is 526 g/mol. The smallest absolute Gasteiger partial charge is 0.257 e. The van der Waals surface area contributed by atoms with Crippen LogP contribution in [-0.4, -0.2) is 59.5 Å². The maximum atomic E-state index is 13.0. The van der Waals surface area contributed by atoms with Crippen molar-refractivity contribution >= 4 is 44.2 Å². The summed E-state index contributed by atoms with van der Waals surface area (Å²) in [6.45, 7) is 0. The number of hydrogen-bond donors (Lipinski definition) is 2. The van der Waals surface area contributed by atoms with Crippen LogP contribution in [-0.2, 0) is 0 Å². The van der Waals surface area contributed by atoms with E-state index in [1.54, 1.807) is 42.5 Å². The summed E-state index contributed by atoms with van der Waals surface area (Å²) >= 11 is 1.26. The molecule has 2 amide bonds. The highest BCUT2D eigenvalue weighted by atomic mass is 32.1. The molecule has 3 aromatic carbocycles. The van der Waals surface area contributed by atoms with Crippen LogP contribution in [0.5, 0.6) is 34.5 Å². The molecule has 0 atom stereocenters. The molecule has 11 nitrogen and oxygen atoms in total. The standard InChI is InChI=1S/C27H27N3O8S/c1-33-18-9-14(10-19(34-2)23(18)37-5)25(31)28-16-7-8-17-22(13-16)39-27(29-17)30-26(32)15-11-20(35-3)24(38-6)21(12-15)36-4/h7-13H,1-6H3,(H,28,31)(H,29,30,32). The third-order valence-electron chi connectivity index (χ3n) is 5.72. The maximum absolute atomic E-state index is 13.0. The monoisotopic (exact) mass is 553 g/mol. The van der Waals surface area contributed by atoms with E-state index in [4.69, 9.17) is 28.4 Å². The fourth-order valence-corrected chi connectivity index (χ4v) is 4.75. The SMILES string of the molecule is COc1cc(C(=O)Nc2ccc3nc(NC(=O)c4cc(OC)c(OC)c(OC)c4)sc3c2)cc(OC)c1OC. The summed E-state index contributed by atoms with van der Waals surface area (Å²) in [7, 11) is 8.90. The Labute approximate surface area is 228 Å². The Morgan fingerprint density at radius 2 is 1.10 bits per heavy atom. The number of benzene rings is 3. The summed E-state index contributed by atoms with van der Waals surface area (Å²) in [6.07, 6.45) is 0. The van der Waals surface area contributed by atoms with Gasteiger partial charge in [-0.25, -0.2) is 4.98 Å². The number of anilines is 2. The van der Waals surface area contributed by atoms with Gasteiger partial charge in [-0.15, -0.1) is 0 Å². The van der Waals surface area contributed by atoms with E-state index < -0.39 is 5.91 Å². The van der Waals surface area contributed by atoms with E-state index in [1.165, 1.54) is 54.0 Å². The van der Waals surface area contributed by atoms with E-state index >= 15 is 0 Å². The summed E-state index contributed by atoms with van der Waals surface area (Å²) < 4.78 is 32.7. The van der Waals surface area contributed by atoms with Crippen LogP contribution in [0.1, 0.15) is 20.7 Å². The van der Waals surface area contributed by atoms with Gasteiger partial charge in [0.1, 0.15) is 0 Å². The Kier molecular flexibility index (Phi) is 8.25. The van der Waals surface area contributed by atoms with Gasteiger partial charge in [-0.2, -0.15) is 0 Å². The van der Waals surface area contributed by atoms with E-state index in [-0.39, 0.29) is 5.91 Å². The van der Waals surface area contributed by atoms with E-state index in [1.807, 2.05) is 0 Å². The van der Waals surface area contributed by atoms with E-state index in [9.17, 15) is 9.59 Å². The summed E-state index contributed by atoms with van der Waals surface area (Å²) in [5.41, 5.74) is 1.84. The molecule has 0 radical (unpaired) electrons. The number of carbonyl (C=O) groups is 2. The first-order valence-corrected chi connectivity index (χ1v) is 12.3. The van der Waals surface area contributed by atoms with Crippen LogP contribution in [0.3, 0.4) is 0 Å². The number of methoxy groups -OCH3 is 6. The van der Waals surface area contributed by atoms with E-state index in [2.05, 4.69) is 15.6 Å². The number of carbonyl (C=O) groups excluding carboxylic acids is 2. The zero-order chi connectivity index (χ0) is 28.1. The number of rotatable bonds is 10. The van der Waals surface area contributed by atoms with Crippen molar-refractivity contribution in [3.05, 3.63) is 53.6 Å². The van der Waals surface area contributed by atoms with Crippen molar-refractivity contribution in [3.63, 3.8) is 0 Å². The van der Waals surface area contributed by atoms with Crippen molar-refractivity contribution < 1.29 is 38.0 Å². The van der Waals surface area contributed by atoms with Crippen LogP contribution >= 0.6 is 11.3 Å². The number of ether oxygens (including phenoxy) is 6.